The van der Waals surface area contributed by atoms with Gasteiger partial charge < -0.3 is 19.3 Å². The molecule has 0 aromatic heterocycles. The van der Waals surface area contributed by atoms with Gasteiger partial charge >= 0.3 is 0 Å². The van der Waals surface area contributed by atoms with Gasteiger partial charge in [0.2, 0.25) is 0 Å². The van der Waals surface area contributed by atoms with Crippen molar-refractivity contribution in [3.8, 4) is 11.5 Å². The zero-order valence-electron chi connectivity index (χ0n) is 18.6. The second-order valence-corrected chi connectivity index (χ2v) is 8.31. The van der Waals surface area contributed by atoms with Gasteiger partial charge in [0.25, 0.3) is 11.6 Å². The number of fused-ring (bicyclic) bond motifs is 1. The normalized spacial score (nSPS) is 16.2. The van der Waals surface area contributed by atoms with Crippen LogP contribution >= 0.6 is 0 Å². The van der Waals surface area contributed by atoms with Crippen molar-refractivity contribution in [2.45, 2.75) is 38.6 Å². The highest BCUT2D eigenvalue weighted by Crippen LogP contribution is 2.35. The molecule has 32 heavy (non-hydrogen) atoms. The zero-order chi connectivity index (χ0) is 22.7. The predicted octanol–water partition coefficient (Wildman–Crippen LogP) is 4.19. The van der Waals surface area contributed by atoms with E-state index in [0.29, 0.717) is 42.3 Å². The Labute approximate surface area is 187 Å². The molecule has 2 heterocycles. The van der Waals surface area contributed by atoms with Gasteiger partial charge in [-0.05, 0) is 54.7 Å². The molecule has 8 heteroatoms. The molecule has 1 saturated heterocycles. The Morgan fingerprint density at radius 3 is 2.22 bits per heavy atom. The number of nitrogens with zero attached hydrogens (tertiary/aromatic N) is 3. The van der Waals surface area contributed by atoms with E-state index < -0.39 is 0 Å². The van der Waals surface area contributed by atoms with Crippen molar-refractivity contribution >= 4 is 17.3 Å². The molecule has 0 bridgehead atoms. The van der Waals surface area contributed by atoms with E-state index in [1.165, 1.54) is 6.07 Å². The van der Waals surface area contributed by atoms with Crippen molar-refractivity contribution in [3.05, 3.63) is 57.1 Å². The van der Waals surface area contributed by atoms with Gasteiger partial charge in [0.05, 0.1) is 19.1 Å². The number of nitro groups is 1. The summed E-state index contributed by atoms with van der Waals surface area (Å²) in [4.78, 5) is 28.5. The Balaban J connectivity index is 1.58. The minimum Gasteiger partial charge on any atom is -0.493 e. The maximum atomic E-state index is 13.2. The van der Waals surface area contributed by atoms with Gasteiger partial charge in [0, 0.05) is 37.8 Å². The minimum atomic E-state index is -0.375. The number of methoxy groups -OCH3 is 2. The fourth-order valence-electron chi connectivity index (χ4n) is 4.62. The first-order chi connectivity index (χ1) is 15.5. The summed E-state index contributed by atoms with van der Waals surface area (Å²) in [6.07, 6.45) is 5.04. The number of ether oxygens (including phenoxy) is 2. The van der Waals surface area contributed by atoms with Crippen LogP contribution in [0.3, 0.4) is 0 Å². The van der Waals surface area contributed by atoms with E-state index in [1.807, 2.05) is 12.1 Å². The SMILES string of the molecule is COc1cc2c(cc1OC)CN(C(=O)c1ccc(N3CCCCCC3)c([N+](=O)[O-])c1)CC2. The third-order valence-corrected chi connectivity index (χ3v) is 6.37. The molecule has 1 amide bonds. The third-order valence-electron chi connectivity index (χ3n) is 6.37. The summed E-state index contributed by atoms with van der Waals surface area (Å²) in [5.41, 5.74) is 3.07. The second-order valence-electron chi connectivity index (χ2n) is 8.31. The molecule has 1 fully saturated rings. The van der Waals surface area contributed by atoms with Crippen LogP contribution in [0.2, 0.25) is 0 Å². The molecule has 0 atom stereocenters. The van der Waals surface area contributed by atoms with Gasteiger partial charge in [-0.2, -0.15) is 0 Å². The van der Waals surface area contributed by atoms with Gasteiger partial charge in [-0.1, -0.05) is 12.8 Å². The molecule has 2 aliphatic heterocycles. The van der Waals surface area contributed by atoms with Crippen LogP contribution in [0.1, 0.15) is 47.2 Å². The van der Waals surface area contributed by atoms with E-state index in [-0.39, 0.29) is 16.5 Å². The first-order valence-corrected chi connectivity index (χ1v) is 11.1. The van der Waals surface area contributed by atoms with Crippen LogP contribution in [0.4, 0.5) is 11.4 Å². The molecule has 0 spiro atoms. The van der Waals surface area contributed by atoms with Crippen LogP contribution in [0, 0.1) is 10.1 Å². The first-order valence-electron chi connectivity index (χ1n) is 11.1. The van der Waals surface area contributed by atoms with Crippen molar-refractivity contribution in [1.29, 1.82) is 0 Å². The molecule has 0 unspecified atom stereocenters. The average molecular weight is 440 g/mol. The molecule has 2 aromatic rings. The molecule has 8 nitrogen and oxygen atoms in total. The molecule has 0 aliphatic carbocycles. The van der Waals surface area contributed by atoms with E-state index in [0.717, 1.165) is 49.9 Å². The van der Waals surface area contributed by atoms with Crippen molar-refractivity contribution in [2.75, 3.05) is 38.8 Å². The number of hydrogen-bond donors (Lipinski definition) is 0. The summed E-state index contributed by atoms with van der Waals surface area (Å²) in [7, 11) is 3.19. The highest BCUT2D eigenvalue weighted by atomic mass is 16.6. The van der Waals surface area contributed by atoms with E-state index in [2.05, 4.69) is 4.90 Å². The molecule has 0 saturated carbocycles. The van der Waals surface area contributed by atoms with Crippen molar-refractivity contribution < 1.29 is 19.2 Å². The predicted molar refractivity (Wildman–Crippen MR) is 122 cm³/mol. The topological polar surface area (TPSA) is 85.2 Å². The zero-order valence-corrected chi connectivity index (χ0v) is 18.6. The Bertz CT molecular complexity index is 1010. The van der Waals surface area contributed by atoms with Crippen LogP contribution in [0.15, 0.2) is 30.3 Å². The number of rotatable bonds is 5. The fourth-order valence-corrected chi connectivity index (χ4v) is 4.62. The Kier molecular flexibility index (Phi) is 6.48. The Morgan fingerprint density at radius 1 is 0.938 bits per heavy atom. The lowest BCUT2D eigenvalue weighted by atomic mass is 9.98. The summed E-state index contributed by atoms with van der Waals surface area (Å²) in [5, 5.41) is 11.8. The smallest absolute Gasteiger partial charge is 0.293 e. The standard InChI is InChI=1S/C24H29N3O5/c1-31-22-14-17-9-12-26(16-19(17)15-23(22)32-2)24(28)18-7-8-20(21(13-18)27(29)30)25-10-5-3-4-6-11-25/h7-8,13-15H,3-6,9-12,16H2,1-2H3. The molecular weight excluding hydrogens is 410 g/mol. The molecule has 0 radical (unpaired) electrons. The highest BCUT2D eigenvalue weighted by Gasteiger charge is 2.27. The van der Waals surface area contributed by atoms with Gasteiger partial charge in [0.1, 0.15) is 5.69 Å². The van der Waals surface area contributed by atoms with Gasteiger partial charge in [0.15, 0.2) is 11.5 Å². The molecular formula is C24H29N3O5. The summed E-state index contributed by atoms with van der Waals surface area (Å²) in [6, 6.07) is 8.75. The van der Waals surface area contributed by atoms with Crippen LogP contribution in [0.25, 0.3) is 0 Å². The van der Waals surface area contributed by atoms with Crippen LogP contribution in [0.5, 0.6) is 11.5 Å². The number of hydrogen-bond acceptors (Lipinski definition) is 6. The van der Waals surface area contributed by atoms with Gasteiger partial charge in [-0.3, -0.25) is 14.9 Å². The van der Waals surface area contributed by atoms with Crippen LogP contribution in [-0.4, -0.2) is 49.6 Å². The second kappa shape index (κ2) is 9.46. The largest absolute Gasteiger partial charge is 0.493 e. The Morgan fingerprint density at radius 2 is 1.59 bits per heavy atom. The monoisotopic (exact) mass is 439 g/mol. The number of anilines is 1. The number of nitro benzene ring substituents is 1. The summed E-state index contributed by atoms with van der Waals surface area (Å²) >= 11 is 0. The lowest BCUT2D eigenvalue weighted by Gasteiger charge is -2.30. The summed E-state index contributed by atoms with van der Waals surface area (Å²) in [5.74, 6) is 1.10. The Hall–Kier alpha value is -3.29. The molecule has 4 rings (SSSR count). The maximum absolute atomic E-state index is 13.2. The first kappa shape index (κ1) is 21.9. The summed E-state index contributed by atoms with van der Waals surface area (Å²) < 4.78 is 10.8. The highest BCUT2D eigenvalue weighted by molar-refractivity contribution is 5.96. The van der Waals surface area contributed by atoms with Crippen LogP contribution < -0.4 is 14.4 Å². The van der Waals surface area contributed by atoms with Crippen molar-refractivity contribution in [2.24, 2.45) is 0 Å². The number of benzene rings is 2. The van der Waals surface area contributed by atoms with Gasteiger partial charge in [-0.25, -0.2) is 0 Å². The summed E-state index contributed by atoms with van der Waals surface area (Å²) in [6.45, 7) is 2.59. The van der Waals surface area contributed by atoms with Crippen molar-refractivity contribution in [1.82, 2.24) is 4.90 Å². The lowest BCUT2D eigenvalue weighted by molar-refractivity contribution is -0.384. The lowest BCUT2D eigenvalue weighted by Crippen LogP contribution is -2.36. The van der Waals surface area contributed by atoms with E-state index in [9.17, 15) is 14.9 Å². The third kappa shape index (κ3) is 4.35. The van der Waals surface area contributed by atoms with E-state index in [1.54, 1.807) is 31.3 Å². The number of amides is 1. The molecule has 2 aromatic carbocycles. The fraction of sp³-hybridized carbons (Fsp3) is 0.458. The number of carbonyl (C=O) groups excluding carboxylic acids is 1. The number of carbonyl (C=O) groups is 1. The minimum absolute atomic E-state index is 0.00145. The van der Waals surface area contributed by atoms with Crippen LogP contribution in [-0.2, 0) is 13.0 Å². The average Bonchev–Trinajstić information content (AvgIpc) is 3.11. The maximum Gasteiger partial charge on any atom is 0.293 e. The molecule has 2 aliphatic rings. The molecule has 170 valence electrons. The van der Waals surface area contributed by atoms with E-state index >= 15 is 0 Å². The van der Waals surface area contributed by atoms with Crippen molar-refractivity contribution in [3.63, 3.8) is 0 Å². The van der Waals surface area contributed by atoms with Gasteiger partial charge in [-0.15, -0.1) is 0 Å². The molecule has 0 N–H and O–H groups in total. The van der Waals surface area contributed by atoms with E-state index in [4.69, 9.17) is 9.47 Å². The quantitative estimate of drug-likeness (QED) is 0.513.